The van der Waals surface area contributed by atoms with Gasteiger partial charge in [-0.2, -0.15) is 13.2 Å². The molecule has 1 unspecified atom stereocenters. The van der Waals surface area contributed by atoms with Gasteiger partial charge in [-0.05, 0) is 23.8 Å². The van der Waals surface area contributed by atoms with Crippen LogP contribution in [0.25, 0.3) is 0 Å². The van der Waals surface area contributed by atoms with Crippen molar-refractivity contribution in [3.8, 4) is 0 Å². The lowest BCUT2D eigenvalue weighted by Crippen LogP contribution is -2.03. The first-order valence-corrected chi connectivity index (χ1v) is 6.93. The van der Waals surface area contributed by atoms with Crippen molar-refractivity contribution in [3.63, 3.8) is 0 Å². The van der Waals surface area contributed by atoms with Gasteiger partial charge in [0.2, 0.25) is 0 Å². The second-order valence-corrected chi connectivity index (χ2v) is 6.09. The lowest BCUT2D eigenvalue weighted by atomic mass is 10.1. The molecule has 0 bridgehead atoms. The van der Waals surface area contributed by atoms with Gasteiger partial charge in [-0.1, -0.05) is 27.5 Å². The first kappa shape index (κ1) is 14.8. The van der Waals surface area contributed by atoms with Crippen LogP contribution in [0, 0.1) is 0 Å². The molecule has 1 aromatic heterocycles. The Morgan fingerprint density at radius 2 is 2.00 bits per heavy atom. The summed E-state index contributed by atoms with van der Waals surface area (Å²) in [7, 11) is 0. The number of aromatic nitrogens is 1. The molecule has 0 aliphatic rings. The molecule has 2 rings (SSSR count). The van der Waals surface area contributed by atoms with E-state index < -0.39 is 17.3 Å². The van der Waals surface area contributed by atoms with Gasteiger partial charge in [-0.3, -0.25) is 0 Å². The van der Waals surface area contributed by atoms with E-state index in [2.05, 4.69) is 20.9 Å². The highest BCUT2D eigenvalue weighted by molar-refractivity contribution is 9.10. The summed E-state index contributed by atoms with van der Waals surface area (Å²) < 4.78 is 37.9. The number of hydrogen-bond acceptors (Lipinski definition) is 3. The molecule has 2 aromatic rings. The van der Waals surface area contributed by atoms with Crippen molar-refractivity contribution >= 4 is 38.9 Å². The molecule has 0 amide bonds. The molecule has 1 aromatic carbocycles. The van der Waals surface area contributed by atoms with E-state index in [4.69, 9.17) is 11.6 Å². The van der Waals surface area contributed by atoms with Crippen LogP contribution in [0.15, 0.2) is 28.9 Å². The summed E-state index contributed by atoms with van der Waals surface area (Å²) >= 11 is 9.44. The Labute approximate surface area is 124 Å². The second-order valence-electron chi connectivity index (χ2n) is 3.67. The second kappa shape index (κ2) is 5.40. The fourth-order valence-electron chi connectivity index (χ4n) is 1.44. The third-order valence-corrected chi connectivity index (χ3v) is 4.01. The standard InChI is InChI=1S/C11H6BrClF3NOS/c12-6-1-5(2-7(13)3-6)9(18)8-4-17-10(19-8)11(14,15)16/h1-4,9,18H. The Morgan fingerprint density at radius 1 is 1.32 bits per heavy atom. The van der Waals surface area contributed by atoms with Crippen LogP contribution in [-0.4, -0.2) is 10.1 Å². The van der Waals surface area contributed by atoms with Gasteiger partial charge in [0, 0.05) is 15.7 Å². The van der Waals surface area contributed by atoms with Crippen LogP contribution < -0.4 is 0 Å². The van der Waals surface area contributed by atoms with Crippen molar-refractivity contribution in [1.82, 2.24) is 4.98 Å². The van der Waals surface area contributed by atoms with Crippen LogP contribution in [0.1, 0.15) is 21.6 Å². The van der Waals surface area contributed by atoms with E-state index in [0.29, 0.717) is 26.4 Å². The van der Waals surface area contributed by atoms with Crippen LogP contribution in [0.2, 0.25) is 5.02 Å². The Hall–Kier alpha value is -0.630. The Kier molecular flexibility index (Phi) is 4.20. The van der Waals surface area contributed by atoms with E-state index in [1.165, 1.54) is 6.07 Å². The summed E-state index contributed by atoms with van der Waals surface area (Å²) in [6.07, 6.45) is -4.67. The van der Waals surface area contributed by atoms with Crippen LogP contribution >= 0.6 is 38.9 Å². The molecule has 0 fully saturated rings. The van der Waals surface area contributed by atoms with E-state index in [9.17, 15) is 18.3 Å². The van der Waals surface area contributed by atoms with Crippen molar-refractivity contribution in [2.24, 2.45) is 0 Å². The predicted octanol–water partition coefficient (Wildman–Crippen LogP) is 4.66. The first-order valence-electron chi connectivity index (χ1n) is 4.94. The average molecular weight is 373 g/mol. The van der Waals surface area contributed by atoms with Gasteiger partial charge < -0.3 is 5.11 Å². The summed E-state index contributed by atoms with van der Waals surface area (Å²) in [6.45, 7) is 0. The fraction of sp³-hybridized carbons (Fsp3) is 0.182. The maximum atomic E-state index is 12.4. The van der Waals surface area contributed by atoms with Crippen molar-refractivity contribution < 1.29 is 18.3 Å². The third-order valence-electron chi connectivity index (χ3n) is 2.24. The highest BCUT2D eigenvalue weighted by Crippen LogP contribution is 2.36. The zero-order valence-electron chi connectivity index (χ0n) is 9.08. The van der Waals surface area contributed by atoms with Crippen LogP contribution in [0.5, 0.6) is 0 Å². The van der Waals surface area contributed by atoms with Crippen molar-refractivity contribution in [3.05, 3.63) is 49.3 Å². The van der Waals surface area contributed by atoms with Crippen LogP contribution in [0.3, 0.4) is 0 Å². The zero-order valence-corrected chi connectivity index (χ0v) is 12.2. The van der Waals surface area contributed by atoms with Gasteiger partial charge in [0.1, 0.15) is 6.10 Å². The fourth-order valence-corrected chi connectivity index (χ4v) is 3.13. The number of benzene rings is 1. The maximum Gasteiger partial charge on any atom is 0.443 e. The molecule has 0 saturated carbocycles. The number of alkyl halides is 3. The quantitative estimate of drug-likeness (QED) is 0.832. The number of halogens is 5. The largest absolute Gasteiger partial charge is 0.443 e. The maximum absolute atomic E-state index is 12.4. The number of rotatable bonds is 2. The number of aliphatic hydroxyl groups excluding tert-OH is 1. The van der Waals surface area contributed by atoms with Crippen LogP contribution in [0.4, 0.5) is 13.2 Å². The smallest absolute Gasteiger partial charge is 0.383 e. The summed E-state index contributed by atoms with van der Waals surface area (Å²) in [5, 5.41) is 9.44. The van der Waals surface area contributed by atoms with Crippen molar-refractivity contribution in [2.45, 2.75) is 12.3 Å². The van der Waals surface area contributed by atoms with Gasteiger partial charge in [0.15, 0.2) is 5.01 Å². The monoisotopic (exact) mass is 371 g/mol. The average Bonchev–Trinajstić information content (AvgIpc) is 2.75. The number of nitrogens with zero attached hydrogens (tertiary/aromatic N) is 1. The minimum atomic E-state index is -4.50. The Bertz CT molecular complexity index is 582. The molecule has 102 valence electrons. The number of hydrogen-bond donors (Lipinski definition) is 1. The van der Waals surface area contributed by atoms with E-state index in [-0.39, 0.29) is 4.88 Å². The van der Waals surface area contributed by atoms with Gasteiger partial charge in [-0.15, -0.1) is 11.3 Å². The lowest BCUT2D eigenvalue weighted by Gasteiger charge is -2.09. The molecule has 8 heteroatoms. The molecule has 1 N–H and O–H groups in total. The molecule has 0 radical (unpaired) electrons. The summed E-state index contributed by atoms with van der Waals surface area (Å²) in [5.41, 5.74) is 0.400. The molecular weight excluding hydrogens is 367 g/mol. The minimum absolute atomic E-state index is 0.112. The highest BCUT2D eigenvalue weighted by Gasteiger charge is 2.35. The topological polar surface area (TPSA) is 33.1 Å². The summed E-state index contributed by atoms with van der Waals surface area (Å²) in [6, 6.07) is 4.69. The number of aliphatic hydroxyl groups is 1. The molecule has 19 heavy (non-hydrogen) atoms. The molecule has 0 saturated heterocycles. The molecule has 0 aliphatic heterocycles. The van der Waals surface area contributed by atoms with Gasteiger partial charge >= 0.3 is 6.18 Å². The first-order chi connectivity index (χ1) is 8.77. The normalized spacial score (nSPS) is 13.6. The van der Waals surface area contributed by atoms with Gasteiger partial charge in [-0.25, -0.2) is 4.98 Å². The SMILES string of the molecule is OC(c1cc(Cl)cc(Br)c1)c1cnc(C(F)(F)F)s1. The zero-order chi connectivity index (χ0) is 14.2. The number of thiazole rings is 1. The molecule has 2 nitrogen and oxygen atoms in total. The molecule has 1 heterocycles. The Morgan fingerprint density at radius 3 is 2.53 bits per heavy atom. The third kappa shape index (κ3) is 3.47. The van der Waals surface area contributed by atoms with Gasteiger partial charge in [0.05, 0.1) is 4.88 Å². The van der Waals surface area contributed by atoms with E-state index in [1.807, 2.05) is 0 Å². The van der Waals surface area contributed by atoms with E-state index in [0.717, 1.165) is 6.20 Å². The highest BCUT2D eigenvalue weighted by atomic mass is 79.9. The minimum Gasteiger partial charge on any atom is -0.383 e. The predicted molar refractivity (Wildman–Crippen MR) is 70.3 cm³/mol. The molecule has 1 atom stereocenters. The molecule has 0 spiro atoms. The Balaban J connectivity index is 2.33. The van der Waals surface area contributed by atoms with E-state index in [1.54, 1.807) is 12.1 Å². The van der Waals surface area contributed by atoms with Crippen molar-refractivity contribution in [1.29, 1.82) is 0 Å². The summed E-state index contributed by atoms with van der Waals surface area (Å²) in [4.78, 5) is 3.38. The molecular formula is C11H6BrClF3NOS. The lowest BCUT2D eigenvalue weighted by molar-refractivity contribution is -0.137. The summed E-state index contributed by atoms with van der Waals surface area (Å²) in [5.74, 6) is 0. The van der Waals surface area contributed by atoms with Gasteiger partial charge in [0.25, 0.3) is 0 Å². The van der Waals surface area contributed by atoms with E-state index >= 15 is 0 Å². The van der Waals surface area contributed by atoms with Crippen LogP contribution in [-0.2, 0) is 6.18 Å². The molecule has 0 aliphatic carbocycles. The van der Waals surface area contributed by atoms with Crippen molar-refractivity contribution in [2.75, 3.05) is 0 Å².